The predicted molar refractivity (Wildman–Crippen MR) is 63.7 cm³/mol. The van der Waals surface area contributed by atoms with Crippen molar-refractivity contribution in [1.82, 2.24) is 0 Å². The molecule has 0 aliphatic carbocycles. The summed E-state index contributed by atoms with van der Waals surface area (Å²) in [6.07, 6.45) is 3.07. The first-order valence-electron chi connectivity index (χ1n) is 5.13. The standard InChI is InChI=1S/C10H12O.C3H8/c1-3-9-5-7-10(8-6-9)11-4-2;1-3-2/h3,5-8H,1,4H2,2H3;3H2,1-2H3. The minimum Gasteiger partial charge on any atom is -0.494 e. The van der Waals surface area contributed by atoms with E-state index >= 15 is 0 Å². The van der Waals surface area contributed by atoms with Crippen LogP contribution in [-0.2, 0) is 0 Å². The van der Waals surface area contributed by atoms with Gasteiger partial charge in [-0.1, -0.05) is 45.1 Å². The van der Waals surface area contributed by atoms with Crippen LogP contribution in [0.2, 0.25) is 0 Å². The molecule has 0 aromatic heterocycles. The van der Waals surface area contributed by atoms with Gasteiger partial charge in [0, 0.05) is 0 Å². The number of hydrogen-bond donors (Lipinski definition) is 0. The second-order valence-corrected chi connectivity index (χ2v) is 2.91. The summed E-state index contributed by atoms with van der Waals surface area (Å²) in [5.41, 5.74) is 1.12. The van der Waals surface area contributed by atoms with Gasteiger partial charge in [0.25, 0.3) is 0 Å². The molecular formula is C13H20O. The number of benzene rings is 1. The topological polar surface area (TPSA) is 9.23 Å². The Labute approximate surface area is 87.4 Å². The third-order valence-electron chi connectivity index (χ3n) is 1.43. The molecule has 14 heavy (non-hydrogen) atoms. The van der Waals surface area contributed by atoms with Gasteiger partial charge in [0.2, 0.25) is 0 Å². The summed E-state index contributed by atoms with van der Waals surface area (Å²) in [7, 11) is 0. The van der Waals surface area contributed by atoms with Crippen molar-refractivity contribution in [3.63, 3.8) is 0 Å². The molecule has 0 spiro atoms. The highest BCUT2D eigenvalue weighted by atomic mass is 16.5. The molecule has 0 unspecified atom stereocenters. The van der Waals surface area contributed by atoms with Gasteiger partial charge in [-0.3, -0.25) is 0 Å². The van der Waals surface area contributed by atoms with E-state index in [1.54, 1.807) is 0 Å². The highest BCUT2D eigenvalue weighted by molar-refractivity contribution is 5.48. The number of rotatable bonds is 3. The van der Waals surface area contributed by atoms with Crippen molar-refractivity contribution in [2.75, 3.05) is 6.61 Å². The molecule has 1 heteroatoms. The Balaban J connectivity index is 0.000000500. The van der Waals surface area contributed by atoms with E-state index in [0.29, 0.717) is 6.61 Å². The van der Waals surface area contributed by atoms with Crippen LogP contribution >= 0.6 is 0 Å². The molecule has 0 heterocycles. The van der Waals surface area contributed by atoms with E-state index in [2.05, 4.69) is 20.4 Å². The smallest absolute Gasteiger partial charge is 0.119 e. The molecule has 78 valence electrons. The van der Waals surface area contributed by atoms with Gasteiger partial charge in [-0.15, -0.1) is 0 Å². The van der Waals surface area contributed by atoms with Gasteiger partial charge < -0.3 is 4.74 Å². The third-order valence-corrected chi connectivity index (χ3v) is 1.43. The van der Waals surface area contributed by atoms with Crippen molar-refractivity contribution < 1.29 is 4.74 Å². The molecule has 0 saturated heterocycles. The molecule has 0 amide bonds. The Kier molecular flexibility index (Phi) is 7.62. The molecule has 1 nitrogen and oxygen atoms in total. The first-order chi connectivity index (χ1) is 6.78. The van der Waals surface area contributed by atoms with E-state index in [4.69, 9.17) is 4.74 Å². The molecule has 0 N–H and O–H groups in total. The van der Waals surface area contributed by atoms with Crippen molar-refractivity contribution in [2.45, 2.75) is 27.2 Å². The van der Waals surface area contributed by atoms with Crippen LogP contribution in [0.15, 0.2) is 30.8 Å². The van der Waals surface area contributed by atoms with Crippen LogP contribution in [0.5, 0.6) is 5.75 Å². The molecule has 0 radical (unpaired) electrons. The van der Waals surface area contributed by atoms with Crippen molar-refractivity contribution in [1.29, 1.82) is 0 Å². The zero-order valence-electron chi connectivity index (χ0n) is 9.42. The lowest BCUT2D eigenvalue weighted by Gasteiger charge is -2.01. The summed E-state index contributed by atoms with van der Waals surface area (Å²) in [6, 6.07) is 7.86. The Morgan fingerprint density at radius 3 is 2.00 bits per heavy atom. The molecule has 1 aromatic carbocycles. The number of hydrogen-bond acceptors (Lipinski definition) is 1. The zero-order chi connectivity index (χ0) is 10.8. The third kappa shape index (κ3) is 5.41. The molecule has 0 atom stereocenters. The summed E-state index contributed by atoms with van der Waals surface area (Å²) < 4.78 is 5.27. The van der Waals surface area contributed by atoms with Gasteiger partial charge >= 0.3 is 0 Å². The van der Waals surface area contributed by atoms with E-state index in [1.807, 2.05) is 37.3 Å². The molecule has 0 saturated carbocycles. The average molecular weight is 192 g/mol. The van der Waals surface area contributed by atoms with E-state index in [-0.39, 0.29) is 0 Å². The first kappa shape index (κ1) is 12.8. The van der Waals surface area contributed by atoms with Gasteiger partial charge in [0.1, 0.15) is 5.75 Å². The molecule has 1 rings (SSSR count). The fourth-order valence-electron chi connectivity index (χ4n) is 0.867. The summed E-state index contributed by atoms with van der Waals surface area (Å²) >= 11 is 0. The minimum absolute atomic E-state index is 0.716. The second-order valence-electron chi connectivity index (χ2n) is 2.91. The molecular weight excluding hydrogens is 172 g/mol. The molecule has 0 fully saturated rings. The maximum atomic E-state index is 5.27. The van der Waals surface area contributed by atoms with E-state index < -0.39 is 0 Å². The Bertz CT molecular complexity index is 236. The normalized spacial score (nSPS) is 8.50. The van der Waals surface area contributed by atoms with Gasteiger partial charge in [-0.25, -0.2) is 0 Å². The van der Waals surface area contributed by atoms with Crippen molar-refractivity contribution >= 4 is 6.08 Å². The monoisotopic (exact) mass is 192 g/mol. The Morgan fingerprint density at radius 2 is 1.64 bits per heavy atom. The van der Waals surface area contributed by atoms with Crippen LogP contribution in [0.1, 0.15) is 32.8 Å². The van der Waals surface area contributed by atoms with E-state index in [0.717, 1.165) is 11.3 Å². The lowest BCUT2D eigenvalue weighted by atomic mass is 10.2. The summed E-state index contributed by atoms with van der Waals surface area (Å²) in [6.45, 7) is 10.6. The highest BCUT2D eigenvalue weighted by Crippen LogP contribution is 2.12. The molecule has 0 bridgehead atoms. The lowest BCUT2D eigenvalue weighted by molar-refractivity contribution is 0.340. The molecule has 0 aliphatic rings. The van der Waals surface area contributed by atoms with Crippen LogP contribution in [-0.4, -0.2) is 6.61 Å². The van der Waals surface area contributed by atoms with E-state index in [9.17, 15) is 0 Å². The maximum absolute atomic E-state index is 5.27. The highest BCUT2D eigenvalue weighted by Gasteiger charge is 1.89. The summed E-state index contributed by atoms with van der Waals surface area (Å²) in [5, 5.41) is 0. The first-order valence-corrected chi connectivity index (χ1v) is 5.13. The Hall–Kier alpha value is -1.24. The maximum Gasteiger partial charge on any atom is 0.119 e. The minimum atomic E-state index is 0.716. The fourth-order valence-corrected chi connectivity index (χ4v) is 0.867. The predicted octanol–water partition coefficient (Wildman–Crippen LogP) is 4.14. The van der Waals surface area contributed by atoms with Gasteiger partial charge in [0.15, 0.2) is 0 Å². The van der Waals surface area contributed by atoms with Crippen LogP contribution in [0.3, 0.4) is 0 Å². The quantitative estimate of drug-likeness (QED) is 0.699. The van der Waals surface area contributed by atoms with Crippen molar-refractivity contribution in [2.24, 2.45) is 0 Å². The SMILES string of the molecule is C=Cc1ccc(OCC)cc1.CCC. The van der Waals surface area contributed by atoms with Crippen molar-refractivity contribution in [3.05, 3.63) is 36.4 Å². The summed E-state index contributed by atoms with van der Waals surface area (Å²) in [5.74, 6) is 0.915. The largest absolute Gasteiger partial charge is 0.494 e. The lowest BCUT2D eigenvalue weighted by Crippen LogP contribution is -1.90. The molecule has 0 aliphatic heterocycles. The van der Waals surface area contributed by atoms with Crippen molar-refractivity contribution in [3.8, 4) is 5.75 Å². The average Bonchev–Trinajstić information content (AvgIpc) is 2.21. The van der Waals surface area contributed by atoms with Crippen LogP contribution in [0, 0.1) is 0 Å². The zero-order valence-corrected chi connectivity index (χ0v) is 9.42. The molecule has 1 aromatic rings. The van der Waals surface area contributed by atoms with Gasteiger partial charge in [0.05, 0.1) is 6.61 Å². The van der Waals surface area contributed by atoms with Crippen LogP contribution in [0.25, 0.3) is 6.08 Å². The van der Waals surface area contributed by atoms with Crippen LogP contribution in [0.4, 0.5) is 0 Å². The summed E-state index contributed by atoms with van der Waals surface area (Å²) in [4.78, 5) is 0. The Morgan fingerprint density at radius 1 is 1.14 bits per heavy atom. The van der Waals surface area contributed by atoms with E-state index in [1.165, 1.54) is 6.42 Å². The van der Waals surface area contributed by atoms with Gasteiger partial charge in [-0.2, -0.15) is 0 Å². The van der Waals surface area contributed by atoms with Crippen LogP contribution < -0.4 is 4.74 Å². The number of ether oxygens (including phenoxy) is 1. The second kappa shape index (κ2) is 8.36. The van der Waals surface area contributed by atoms with Gasteiger partial charge in [-0.05, 0) is 24.6 Å². The fraction of sp³-hybridized carbons (Fsp3) is 0.385.